The maximum atomic E-state index is 14.3. The molecule has 1 saturated heterocycles. The molecular weight excluding hydrogens is 315 g/mol. The van der Waals surface area contributed by atoms with Crippen LogP contribution in [-0.2, 0) is 11.2 Å². The molecule has 1 fully saturated rings. The smallest absolute Gasteiger partial charge is 0.127 e. The molecule has 3 nitrogen and oxygen atoms in total. The van der Waals surface area contributed by atoms with Crippen LogP contribution in [0.15, 0.2) is 48.5 Å². The van der Waals surface area contributed by atoms with E-state index in [4.69, 9.17) is 10.5 Å². The number of hydrogen-bond acceptors (Lipinski definition) is 3. The Bertz CT molecular complexity index is 796. The number of nitrogens with two attached hydrogens (primary N) is 1. The van der Waals surface area contributed by atoms with Crippen LogP contribution in [0.2, 0.25) is 0 Å². The number of hydrogen-bond donors (Lipinski definition) is 1. The van der Waals surface area contributed by atoms with Crippen LogP contribution in [0.25, 0.3) is 5.57 Å². The van der Waals surface area contributed by atoms with Gasteiger partial charge in [-0.3, -0.25) is 0 Å². The Labute approximate surface area is 147 Å². The van der Waals surface area contributed by atoms with Gasteiger partial charge in [-0.2, -0.15) is 0 Å². The highest BCUT2D eigenvalue weighted by Crippen LogP contribution is 2.40. The minimum Gasteiger partial charge on any atom is -0.378 e. The molecule has 0 aromatic heterocycles. The van der Waals surface area contributed by atoms with Gasteiger partial charge in [0.05, 0.1) is 13.2 Å². The van der Waals surface area contributed by atoms with Gasteiger partial charge in [0.15, 0.2) is 0 Å². The molecule has 2 aromatic rings. The van der Waals surface area contributed by atoms with Gasteiger partial charge in [0, 0.05) is 31.2 Å². The number of rotatable bonds is 4. The zero-order chi connectivity index (χ0) is 17.2. The van der Waals surface area contributed by atoms with Gasteiger partial charge < -0.3 is 15.4 Å². The second kappa shape index (κ2) is 6.98. The van der Waals surface area contributed by atoms with Gasteiger partial charge >= 0.3 is 0 Å². The zero-order valence-corrected chi connectivity index (χ0v) is 14.2. The molecule has 25 heavy (non-hydrogen) atoms. The predicted molar refractivity (Wildman–Crippen MR) is 99.4 cm³/mol. The van der Waals surface area contributed by atoms with Crippen molar-refractivity contribution in [1.29, 1.82) is 0 Å². The molecular formula is C21H23FN2O. The first-order chi connectivity index (χ1) is 12.3. The van der Waals surface area contributed by atoms with E-state index >= 15 is 0 Å². The molecule has 4 rings (SSSR count). The molecule has 1 atom stereocenters. The van der Waals surface area contributed by atoms with Crippen LogP contribution in [0.4, 0.5) is 10.1 Å². The molecule has 0 amide bonds. The van der Waals surface area contributed by atoms with Crippen molar-refractivity contribution in [1.82, 2.24) is 0 Å². The normalized spacial score (nSPS) is 18.0. The molecule has 0 spiro atoms. The predicted octanol–water partition coefficient (Wildman–Crippen LogP) is 3.34. The Kier molecular flexibility index (Phi) is 4.55. The zero-order valence-electron chi connectivity index (χ0n) is 14.2. The van der Waals surface area contributed by atoms with Gasteiger partial charge in [0.25, 0.3) is 0 Å². The van der Waals surface area contributed by atoms with E-state index in [0.29, 0.717) is 12.1 Å². The lowest BCUT2D eigenvalue weighted by Gasteiger charge is -2.29. The van der Waals surface area contributed by atoms with Crippen molar-refractivity contribution in [2.75, 3.05) is 37.7 Å². The quantitative estimate of drug-likeness (QED) is 0.929. The molecule has 2 aliphatic rings. The molecule has 2 aromatic carbocycles. The molecule has 2 N–H and O–H groups in total. The Morgan fingerprint density at radius 3 is 2.68 bits per heavy atom. The molecule has 1 heterocycles. The molecule has 4 heteroatoms. The van der Waals surface area contributed by atoms with E-state index in [-0.39, 0.29) is 11.7 Å². The summed E-state index contributed by atoms with van der Waals surface area (Å²) in [5.41, 5.74) is 11.6. The summed E-state index contributed by atoms with van der Waals surface area (Å²) >= 11 is 0. The van der Waals surface area contributed by atoms with Gasteiger partial charge in [-0.05, 0) is 46.9 Å². The molecule has 1 aliphatic carbocycles. The molecule has 1 unspecified atom stereocenters. The summed E-state index contributed by atoms with van der Waals surface area (Å²) in [6, 6.07) is 13.5. The summed E-state index contributed by atoms with van der Waals surface area (Å²) in [5, 5.41) is 0. The number of benzene rings is 2. The van der Waals surface area contributed by atoms with Crippen molar-refractivity contribution in [3.63, 3.8) is 0 Å². The monoisotopic (exact) mass is 338 g/mol. The summed E-state index contributed by atoms with van der Waals surface area (Å²) in [6.45, 7) is 3.82. The van der Waals surface area contributed by atoms with Gasteiger partial charge in [-0.15, -0.1) is 0 Å². The fraction of sp³-hybridized carbons (Fsp3) is 0.333. The third kappa shape index (κ3) is 3.08. The molecule has 0 radical (unpaired) electrons. The van der Waals surface area contributed by atoms with E-state index < -0.39 is 0 Å². The van der Waals surface area contributed by atoms with Crippen LogP contribution < -0.4 is 10.6 Å². The van der Waals surface area contributed by atoms with Crippen molar-refractivity contribution in [3.05, 3.63) is 71.0 Å². The third-order valence-electron chi connectivity index (χ3n) is 5.21. The van der Waals surface area contributed by atoms with Crippen molar-refractivity contribution >= 4 is 11.3 Å². The maximum absolute atomic E-state index is 14.3. The second-order valence-electron chi connectivity index (χ2n) is 6.61. The van der Waals surface area contributed by atoms with Gasteiger partial charge in [0.2, 0.25) is 0 Å². The van der Waals surface area contributed by atoms with Crippen molar-refractivity contribution in [2.24, 2.45) is 5.73 Å². The third-order valence-corrected chi connectivity index (χ3v) is 5.21. The number of ether oxygens (including phenoxy) is 1. The number of halogens is 1. The van der Waals surface area contributed by atoms with Crippen LogP contribution in [-0.4, -0.2) is 32.8 Å². The minimum atomic E-state index is -0.183. The fourth-order valence-electron chi connectivity index (χ4n) is 3.89. The lowest BCUT2D eigenvalue weighted by molar-refractivity contribution is 0.122. The first-order valence-electron chi connectivity index (χ1n) is 8.88. The van der Waals surface area contributed by atoms with E-state index in [1.807, 2.05) is 12.1 Å². The Hall–Kier alpha value is -2.17. The first-order valence-corrected chi connectivity index (χ1v) is 8.88. The number of fused-ring (bicyclic) bond motifs is 1. The average Bonchev–Trinajstić information content (AvgIpc) is 3.08. The highest BCUT2D eigenvalue weighted by Gasteiger charge is 2.25. The van der Waals surface area contributed by atoms with Crippen LogP contribution in [0.1, 0.15) is 22.6 Å². The van der Waals surface area contributed by atoms with Crippen LogP contribution in [0, 0.1) is 5.82 Å². The largest absolute Gasteiger partial charge is 0.378 e. The minimum absolute atomic E-state index is 0.100. The van der Waals surface area contributed by atoms with Crippen molar-refractivity contribution in [3.8, 4) is 0 Å². The first kappa shape index (κ1) is 16.3. The summed E-state index contributed by atoms with van der Waals surface area (Å²) < 4.78 is 19.7. The lowest BCUT2D eigenvalue weighted by Crippen LogP contribution is -2.36. The summed E-state index contributed by atoms with van der Waals surface area (Å²) in [5.74, 6) is -0.283. The van der Waals surface area contributed by atoms with E-state index in [9.17, 15) is 4.39 Å². The number of morpholine rings is 1. The van der Waals surface area contributed by atoms with Gasteiger partial charge in [-0.25, -0.2) is 4.39 Å². The fourth-order valence-corrected chi connectivity index (χ4v) is 3.89. The Balaban J connectivity index is 1.63. The highest BCUT2D eigenvalue weighted by atomic mass is 19.1. The van der Waals surface area contributed by atoms with Crippen molar-refractivity contribution < 1.29 is 9.13 Å². The molecule has 1 aliphatic heterocycles. The molecule has 130 valence electrons. The number of anilines is 1. The van der Waals surface area contributed by atoms with Crippen LogP contribution in [0.5, 0.6) is 0 Å². The highest BCUT2D eigenvalue weighted by molar-refractivity contribution is 5.79. The molecule has 0 bridgehead atoms. The van der Waals surface area contributed by atoms with Crippen LogP contribution in [0.3, 0.4) is 0 Å². The maximum Gasteiger partial charge on any atom is 0.127 e. The Morgan fingerprint density at radius 1 is 1.12 bits per heavy atom. The average molecular weight is 338 g/mol. The van der Waals surface area contributed by atoms with Gasteiger partial charge in [-0.1, -0.05) is 30.3 Å². The van der Waals surface area contributed by atoms with E-state index in [2.05, 4.69) is 29.2 Å². The second-order valence-corrected chi connectivity index (χ2v) is 6.61. The standard InChI is InChI=1S/C21H23FN2O/c22-21-4-2-1-3-19(21)20(14-23)18-7-5-15-13-16(6-8-17(15)18)24-9-11-25-12-10-24/h1-4,6-8,13,20H,5,9-12,14,23H2. The summed E-state index contributed by atoms with van der Waals surface area (Å²) in [7, 11) is 0. The Morgan fingerprint density at radius 2 is 1.92 bits per heavy atom. The van der Waals surface area contributed by atoms with Gasteiger partial charge in [0.1, 0.15) is 5.82 Å². The topological polar surface area (TPSA) is 38.5 Å². The van der Waals surface area contributed by atoms with E-state index in [0.717, 1.165) is 38.3 Å². The van der Waals surface area contributed by atoms with E-state index in [1.54, 1.807) is 6.07 Å². The van der Waals surface area contributed by atoms with E-state index in [1.165, 1.54) is 22.9 Å². The summed E-state index contributed by atoms with van der Waals surface area (Å²) in [6.07, 6.45) is 3.09. The number of allylic oxidation sites excluding steroid dienone is 1. The van der Waals surface area contributed by atoms with Crippen molar-refractivity contribution in [2.45, 2.75) is 12.3 Å². The number of nitrogens with zero attached hydrogens (tertiary/aromatic N) is 1. The summed E-state index contributed by atoms with van der Waals surface area (Å²) in [4.78, 5) is 2.36. The lowest BCUT2D eigenvalue weighted by atomic mass is 9.87. The van der Waals surface area contributed by atoms with Crippen LogP contribution >= 0.6 is 0 Å². The SMILES string of the molecule is NCC(C1=CCc2cc(N3CCOCC3)ccc21)c1ccccc1F. The molecule has 0 saturated carbocycles.